The van der Waals surface area contributed by atoms with Gasteiger partial charge in [0, 0.05) is 12.6 Å². The highest BCUT2D eigenvalue weighted by molar-refractivity contribution is 6.37. The number of halogens is 2. The third-order valence-electron chi connectivity index (χ3n) is 3.30. The first-order valence-corrected chi connectivity index (χ1v) is 6.93. The van der Waals surface area contributed by atoms with Gasteiger partial charge < -0.3 is 10.1 Å². The number of aryl methyl sites for hydroxylation is 1. The van der Waals surface area contributed by atoms with Crippen LogP contribution in [-0.2, 0) is 0 Å². The van der Waals surface area contributed by atoms with Crippen molar-refractivity contribution in [3.05, 3.63) is 39.4 Å². The zero-order valence-electron chi connectivity index (χ0n) is 11.8. The van der Waals surface area contributed by atoms with E-state index < -0.39 is 0 Å². The number of nitrogens with one attached hydrogen (secondary N) is 1. The third kappa shape index (κ3) is 2.56. The van der Waals surface area contributed by atoms with Gasteiger partial charge >= 0.3 is 0 Å². The highest BCUT2D eigenvalue weighted by atomic mass is 35.5. The monoisotopic (exact) mass is 310 g/mol. The molecule has 106 valence electrons. The molecule has 20 heavy (non-hydrogen) atoms. The van der Waals surface area contributed by atoms with Gasteiger partial charge in [0.15, 0.2) is 0 Å². The Balaban J connectivity index is 2.71. The molecule has 0 bridgehead atoms. The van der Waals surface area contributed by atoms with E-state index in [1.807, 2.05) is 26.0 Å². The second-order valence-corrected chi connectivity index (χ2v) is 5.30. The number of hydrogen-bond donors (Lipinski definition) is 1. The van der Waals surface area contributed by atoms with E-state index in [1.165, 1.54) is 0 Å². The number of aromatic nitrogens is 1. The summed E-state index contributed by atoms with van der Waals surface area (Å²) in [6.45, 7) is 4.05. The van der Waals surface area contributed by atoms with Crippen LogP contribution in [0.2, 0.25) is 10.0 Å². The maximum absolute atomic E-state index is 6.28. The van der Waals surface area contributed by atoms with Gasteiger partial charge in [0.25, 0.3) is 0 Å². The Morgan fingerprint density at radius 3 is 2.45 bits per heavy atom. The third-order valence-corrected chi connectivity index (χ3v) is 3.88. The molecule has 1 heterocycles. The molecule has 0 radical (unpaired) electrons. The van der Waals surface area contributed by atoms with Crippen molar-refractivity contribution in [1.82, 2.24) is 4.98 Å². The zero-order valence-corrected chi connectivity index (χ0v) is 13.4. The molecule has 0 aliphatic carbocycles. The van der Waals surface area contributed by atoms with E-state index in [0.717, 1.165) is 22.4 Å². The topological polar surface area (TPSA) is 34.2 Å². The van der Waals surface area contributed by atoms with Crippen molar-refractivity contribution in [1.29, 1.82) is 0 Å². The fraction of sp³-hybridized carbons (Fsp3) is 0.267. The second kappa shape index (κ2) is 5.90. The van der Waals surface area contributed by atoms with Gasteiger partial charge in [-0.15, -0.1) is 0 Å². The number of ether oxygens (including phenoxy) is 1. The quantitative estimate of drug-likeness (QED) is 0.890. The zero-order chi connectivity index (χ0) is 14.9. The minimum Gasteiger partial charge on any atom is -0.496 e. The van der Waals surface area contributed by atoms with E-state index in [-0.39, 0.29) is 0 Å². The lowest BCUT2D eigenvalue weighted by Gasteiger charge is -2.15. The van der Waals surface area contributed by atoms with Crippen LogP contribution in [-0.4, -0.2) is 19.1 Å². The van der Waals surface area contributed by atoms with Crippen molar-refractivity contribution >= 4 is 29.0 Å². The van der Waals surface area contributed by atoms with E-state index in [2.05, 4.69) is 10.3 Å². The summed E-state index contributed by atoms with van der Waals surface area (Å²) < 4.78 is 5.52. The molecule has 0 amide bonds. The Kier molecular flexibility index (Phi) is 4.41. The minimum absolute atomic E-state index is 0.490. The van der Waals surface area contributed by atoms with Crippen LogP contribution in [0.25, 0.3) is 11.3 Å². The number of hydrogen-bond acceptors (Lipinski definition) is 3. The summed E-state index contributed by atoms with van der Waals surface area (Å²) in [5.41, 5.74) is 3.74. The van der Waals surface area contributed by atoms with E-state index in [1.54, 1.807) is 20.2 Å². The summed E-state index contributed by atoms with van der Waals surface area (Å²) in [6, 6.07) is 5.67. The lowest BCUT2D eigenvalue weighted by molar-refractivity contribution is 0.413. The van der Waals surface area contributed by atoms with Crippen LogP contribution in [0.5, 0.6) is 5.75 Å². The highest BCUT2D eigenvalue weighted by Gasteiger charge is 2.16. The standard InChI is InChI=1S/C15H16Cl2N2O/c1-8-5-6-10(14(20-4)9(8)2)13-11(16)7-12(17)15(18-3)19-13/h5-7H,1-4H3,(H,18,19). The van der Waals surface area contributed by atoms with Crippen LogP contribution >= 0.6 is 23.2 Å². The second-order valence-electron chi connectivity index (χ2n) is 4.49. The van der Waals surface area contributed by atoms with Crippen molar-refractivity contribution in [2.45, 2.75) is 13.8 Å². The molecule has 3 nitrogen and oxygen atoms in total. The number of pyridine rings is 1. The van der Waals surface area contributed by atoms with Crippen LogP contribution in [0.4, 0.5) is 5.82 Å². The number of benzene rings is 1. The minimum atomic E-state index is 0.490. The van der Waals surface area contributed by atoms with Gasteiger partial charge in [-0.2, -0.15) is 0 Å². The van der Waals surface area contributed by atoms with Crippen molar-refractivity contribution in [3.63, 3.8) is 0 Å². The molecule has 2 aromatic rings. The van der Waals surface area contributed by atoms with Crippen LogP contribution in [0.1, 0.15) is 11.1 Å². The average molecular weight is 311 g/mol. The van der Waals surface area contributed by atoms with Crippen LogP contribution in [0.3, 0.4) is 0 Å². The fourth-order valence-corrected chi connectivity index (χ4v) is 2.63. The van der Waals surface area contributed by atoms with Crippen molar-refractivity contribution in [3.8, 4) is 17.0 Å². The number of rotatable bonds is 3. The summed E-state index contributed by atoms with van der Waals surface area (Å²) in [5, 5.41) is 3.94. The van der Waals surface area contributed by atoms with Gasteiger partial charge in [0.05, 0.1) is 22.8 Å². The van der Waals surface area contributed by atoms with Gasteiger partial charge in [-0.25, -0.2) is 4.98 Å². The van der Waals surface area contributed by atoms with E-state index in [4.69, 9.17) is 27.9 Å². The van der Waals surface area contributed by atoms with Crippen molar-refractivity contribution in [2.75, 3.05) is 19.5 Å². The summed E-state index contributed by atoms with van der Waals surface area (Å²) in [4.78, 5) is 4.48. The van der Waals surface area contributed by atoms with Crippen LogP contribution in [0.15, 0.2) is 18.2 Å². The normalized spacial score (nSPS) is 10.5. The average Bonchev–Trinajstić information content (AvgIpc) is 2.42. The lowest BCUT2D eigenvalue weighted by atomic mass is 10.0. The van der Waals surface area contributed by atoms with Crippen molar-refractivity contribution < 1.29 is 4.74 Å². The molecule has 0 saturated heterocycles. The predicted octanol–water partition coefficient (Wildman–Crippen LogP) is 4.72. The van der Waals surface area contributed by atoms with Gasteiger partial charge in [0.2, 0.25) is 0 Å². The van der Waals surface area contributed by atoms with Gasteiger partial charge in [-0.1, -0.05) is 29.3 Å². The smallest absolute Gasteiger partial charge is 0.145 e. The van der Waals surface area contributed by atoms with E-state index in [9.17, 15) is 0 Å². The molecule has 5 heteroatoms. The SMILES string of the molecule is CNc1nc(-c2ccc(C)c(C)c2OC)c(Cl)cc1Cl. The van der Waals surface area contributed by atoms with Crippen LogP contribution in [0, 0.1) is 13.8 Å². The molecule has 0 spiro atoms. The molecule has 1 aromatic heterocycles. The van der Waals surface area contributed by atoms with E-state index in [0.29, 0.717) is 21.6 Å². The fourth-order valence-electron chi connectivity index (χ4n) is 2.07. The first-order chi connectivity index (χ1) is 9.49. The highest BCUT2D eigenvalue weighted by Crippen LogP contribution is 2.39. The van der Waals surface area contributed by atoms with Crippen LogP contribution < -0.4 is 10.1 Å². The molecule has 0 unspecified atom stereocenters. The Morgan fingerprint density at radius 2 is 1.85 bits per heavy atom. The summed E-state index contributed by atoms with van der Waals surface area (Å²) in [6.07, 6.45) is 0. The Morgan fingerprint density at radius 1 is 1.15 bits per heavy atom. The van der Waals surface area contributed by atoms with Crippen molar-refractivity contribution in [2.24, 2.45) is 0 Å². The Bertz CT molecular complexity index is 657. The molecule has 2 rings (SSSR count). The van der Waals surface area contributed by atoms with E-state index >= 15 is 0 Å². The maximum Gasteiger partial charge on any atom is 0.145 e. The molecule has 0 fully saturated rings. The first-order valence-electron chi connectivity index (χ1n) is 6.18. The maximum atomic E-state index is 6.28. The molecule has 0 aliphatic heterocycles. The summed E-state index contributed by atoms with van der Waals surface area (Å²) in [7, 11) is 3.41. The summed E-state index contributed by atoms with van der Waals surface area (Å²) in [5.74, 6) is 1.37. The molecular weight excluding hydrogens is 295 g/mol. The molecule has 0 saturated carbocycles. The largest absolute Gasteiger partial charge is 0.496 e. The predicted molar refractivity (Wildman–Crippen MR) is 85.3 cm³/mol. The number of methoxy groups -OCH3 is 1. The van der Waals surface area contributed by atoms with Gasteiger partial charge in [-0.3, -0.25) is 0 Å². The Labute approximate surface area is 128 Å². The molecule has 0 atom stereocenters. The molecule has 1 aromatic carbocycles. The Hall–Kier alpha value is -1.45. The summed E-state index contributed by atoms with van der Waals surface area (Å²) >= 11 is 12.4. The first kappa shape index (κ1) is 14.9. The molecule has 0 aliphatic rings. The number of anilines is 1. The van der Waals surface area contributed by atoms with Gasteiger partial charge in [0.1, 0.15) is 11.6 Å². The number of nitrogens with zero attached hydrogens (tertiary/aromatic N) is 1. The van der Waals surface area contributed by atoms with Gasteiger partial charge in [-0.05, 0) is 37.1 Å². The molecule has 1 N–H and O–H groups in total. The molecular formula is C15H16Cl2N2O. The lowest BCUT2D eigenvalue weighted by Crippen LogP contribution is -1.99.